The van der Waals surface area contributed by atoms with E-state index in [1.54, 1.807) is 18.4 Å². The summed E-state index contributed by atoms with van der Waals surface area (Å²) in [5.74, 6) is 2.27. The van der Waals surface area contributed by atoms with Crippen LogP contribution in [0.15, 0.2) is 26.9 Å². The molecule has 2 N–H and O–H groups in total. The number of rotatable bonds is 6. The molecule has 0 saturated carbocycles. The van der Waals surface area contributed by atoms with Gasteiger partial charge in [0.15, 0.2) is 5.96 Å². The van der Waals surface area contributed by atoms with Crippen molar-refractivity contribution in [2.75, 3.05) is 33.3 Å². The molecule has 1 saturated heterocycles. The predicted octanol–water partition coefficient (Wildman–Crippen LogP) is 2.48. The molecule has 1 aliphatic heterocycles. The van der Waals surface area contributed by atoms with Crippen LogP contribution in [0, 0.1) is 13.8 Å². The fourth-order valence-corrected chi connectivity index (χ4v) is 4.07. The Kier molecular flexibility index (Phi) is 6.87. The quantitative estimate of drug-likeness (QED) is 0.582. The summed E-state index contributed by atoms with van der Waals surface area (Å²) in [6.45, 7) is 9.94. The minimum atomic E-state index is 0.259. The number of oxazole rings is 1. The summed E-state index contributed by atoms with van der Waals surface area (Å²) in [6.07, 6.45) is 0.259. The van der Waals surface area contributed by atoms with Crippen LogP contribution in [0.3, 0.4) is 0 Å². The van der Waals surface area contributed by atoms with Crippen molar-refractivity contribution in [2.24, 2.45) is 4.99 Å². The third kappa shape index (κ3) is 5.31. The summed E-state index contributed by atoms with van der Waals surface area (Å²) in [7, 11) is 1.78. The molecule has 2 aromatic heterocycles. The van der Waals surface area contributed by atoms with Gasteiger partial charge in [0, 0.05) is 31.6 Å². The van der Waals surface area contributed by atoms with Crippen molar-refractivity contribution in [1.82, 2.24) is 20.5 Å². The molecule has 0 aliphatic carbocycles. The highest BCUT2D eigenvalue weighted by atomic mass is 32.1. The Balaban J connectivity index is 1.59. The van der Waals surface area contributed by atoms with Crippen molar-refractivity contribution in [2.45, 2.75) is 39.5 Å². The maximum Gasteiger partial charge on any atom is 0.214 e. The largest absolute Gasteiger partial charge is 0.444 e. The van der Waals surface area contributed by atoms with Crippen molar-refractivity contribution in [1.29, 1.82) is 0 Å². The van der Waals surface area contributed by atoms with Crippen molar-refractivity contribution < 1.29 is 9.15 Å². The van der Waals surface area contributed by atoms with Gasteiger partial charge in [-0.15, -0.1) is 11.3 Å². The molecule has 3 rings (SSSR count). The van der Waals surface area contributed by atoms with Crippen LogP contribution in [0.1, 0.15) is 35.2 Å². The Morgan fingerprint density at radius 2 is 2.30 bits per heavy atom. The molecule has 2 aromatic rings. The van der Waals surface area contributed by atoms with Gasteiger partial charge in [-0.1, -0.05) is 6.07 Å². The Morgan fingerprint density at radius 1 is 1.44 bits per heavy atom. The molecule has 3 heterocycles. The van der Waals surface area contributed by atoms with Gasteiger partial charge in [-0.25, -0.2) is 4.98 Å². The summed E-state index contributed by atoms with van der Waals surface area (Å²) < 4.78 is 11.3. The SMILES string of the molecule is CN=C(NCc1nc(C)c(C)o1)NCC(c1cccs1)N1CCOC(C)C1. The molecule has 7 nitrogen and oxygen atoms in total. The fraction of sp³-hybridized carbons (Fsp3) is 0.579. The lowest BCUT2D eigenvalue weighted by Crippen LogP contribution is -2.47. The summed E-state index contributed by atoms with van der Waals surface area (Å²) in [5, 5.41) is 8.87. The first kappa shape index (κ1) is 19.9. The van der Waals surface area contributed by atoms with Crippen LogP contribution in [0.5, 0.6) is 0 Å². The highest BCUT2D eigenvalue weighted by Gasteiger charge is 2.26. The number of ether oxygens (including phenoxy) is 1. The Morgan fingerprint density at radius 3 is 2.93 bits per heavy atom. The highest BCUT2D eigenvalue weighted by Crippen LogP contribution is 2.26. The number of aliphatic imine (C=N–C) groups is 1. The van der Waals surface area contributed by atoms with Gasteiger partial charge in [-0.3, -0.25) is 9.89 Å². The second kappa shape index (κ2) is 9.34. The third-order valence-electron chi connectivity index (χ3n) is 4.75. The molecule has 1 fully saturated rings. The average Bonchev–Trinajstić information content (AvgIpc) is 3.28. The molecular formula is C19H29N5O2S. The molecule has 8 heteroatoms. The van der Waals surface area contributed by atoms with Crippen LogP contribution in [0.4, 0.5) is 0 Å². The zero-order chi connectivity index (χ0) is 19.2. The highest BCUT2D eigenvalue weighted by molar-refractivity contribution is 7.10. The van der Waals surface area contributed by atoms with Gasteiger partial charge in [0.2, 0.25) is 5.89 Å². The molecule has 0 aromatic carbocycles. The normalized spacial score (nSPS) is 19.9. The van der Waals surface area contributed by atoms with Gasteiger partial charge >= 0.3 is 0 Å². The van der Waals surface area contributed by atoms with E-state index in [0.29, 0.717) is 18.5 Å². The topological polar surface area (TPSA) is 74.9 Å². The van der Waals surface area contributed by atoms with E-state index >= 15 is 0 Å². The first-order valence-electron chi connectivity index (χ1n) is 9.33. The zero-order valence-corrected chi connectivity index (χ0v) is 17.3. The van der Waals surface area contributed by atoms with Crippen LogP contribution < -0.4 is 10.6 Å². The summed E-state index contributed by atoms with van der Waals surface area (Å²) in [4.78, 5) is 12.6. The molecule has 0 spiro atoms. The van der Waals surface area contributed by atoms with E-state index in [4.69, 9.17) is 9.15 Å². The standard InChI is InChI=1S/C19H29N5O2S/c1-13-12-24(7-8-25-13)16(17-6-5-9-27-17)10-21-19(20-4)22-11-18-23-14(2)15(3)26-18/h5-6,9,13,16H,7-8,10-12H2,1-4H3,(H2,20,21,22). The van der Waals surface area contributed by atoms with Crippen molar-refractivity contribution >= 4 is 17.3 Å². The number of hydrogen-bond donors (Lipinski definition) is 2. The number of guanidine groups is 1. The van der Waals surface area contributed by atoms with E-state index in [2.05, 4.69) is 49.9 Å². The molecule has 148 valence electrons. The van der Waals surface area contributed by atoms with Gasteiger partial charge in [-0.2, -0.15) is 0 Å². The second-order valence-corrected chi connectivity index (χ2v) is 7.74. The minimum Gasteiger partial charge on any atom is -0.444 e. The van der Waals surface area contributed by atoms with Crippen molar-refractivity contribution in [3.8, 4) is 0 Å². The Hall–Kier alpha value is -1.90. The molecule has 2 unspecified atom stereocenters. The molecule has 27 heavy (non-hydrogen) atoms. The van der Waals surface area contributed by atoms with Gasteiger partial charge in [-0.05, 0) is 32.2 Å². The van der Waals surface area contributed by atoms with Gasteiger partial charge in [0.25, 0.3) is 0 Å². The molecule has 0 bridgehead atoms. The van der Waals surface area contributed by atoms with Crippen molar-refractivity contribution in [3.05, 3.63) is 39.7 Å². The second-order valence-electron chi connectivity index (χ2n) is 6.76. The smallest absolute Gasteiger partial charge is 0.214 e. The minimum absolute atomic E-state index is 0.259. The first-order chi connectivity index (χ1) is 13.1. The van der Waals surface area contributed by atoms with Crippen LogP contribution >= 0.6 is 11.3 Å². The monoisotopic (exact) mass is 391 g/mol. The summed E-state index contributed by atoms with van der Waals surface area (Å²) in [5.41, 5.74) is 0.925. The van der Waals surface area contributed by atoms with E-state index in [-0.39, 0.29) is 6.10 Å². The fourth-order valence-electron chi connectivity index (χ4n) is 3.21. The van der Waals surface area contributed by atoms with Gasteiger partial charge < -0.3 is 19.8 Å². The van der Waals surface area contributed by atoms with Crippen LogP contribution in [-0.4, -0.2) is 55.2 Å². The molecular weight excluding hydrogens is 362 g/mol. The van der Waals surface area contributed by atoms with Crippen LogP contribution in [-0.2, 0) is 11.3 Å². The first-order valence-corrected chi connectivity index (χ1v) is 10.2. The number of morpholine rings is 1. The molecule has 0 radical (unpaired) electrons. The molecule has 0 amide bonds. The van der Waals surface area contributed by atoms with E-state index in [9.17, 15) is 0 Å². The summed E-state index contributed by atoms with van der Waals surface area (Å²) in [6, 6.07) is 4.60. The average molecular weight is 392 g/mol. The lowest BCUT2D eigenvalue weighted by atomic mass is 10.1. The number of nitrogens with one attached hydrogen (secondary N) is 2. The van der Waals surface area contributed by atoms with E-state index in [1.807, 2.05) is 13.8 Å². The number of thiophene rings is 1. The molecule has 1 aliphatic rings. The van der Waals surface area contributed by atoms with Gasteiger partial charge in [0.1, 0.15) is 5.76 Å². The number of aromatic nitrogens is 1. The zero-order valence-electron chi connectivity index (χ0n) is 16.5. The number of aryl methyl sites for hydroxylation is 2. The van der Waals surface area contributed by atoms with Crippen LogP contribution in [0.2, 0.25) is 0 Å². The van der Waals surface area contributed by atoms with E-state index in [0.717, 1.165) is 43.7 Å². The maximum absolute atomic E-state index is 5.71. The van der Waals surface area contributed by atoms with Gasteiger partial charge in [0.05, 0.1) is 31.0 Å². The lowest BCUT2D eigenvalue weighted by Gasteiger charge is -2.37. The Bertz CT molecular complexity index is 724. The van der Waals surface area contributed by atoms with Crippen molar-refractivity contribution in [3.63, 3.8) is 0 Å². The van der Waals surface area contributed by atoms with Crippen LogP contribution in [0.25, 0.3) is 0 Å². The molecule has 2 atom stereocenters. The lowest BCUT2D eigenvalue weighted by molar-refractivity contribution is -0.0334. The van der Waals surface area contributed by atoms with E-state index < -0.39 is 0 Å². The predicted molar refractivity (Wildman–Crippen MR) is 108 cm³/mol. The number of hydrogen-bond acceptors (Lipinski definition) is 6. The Labute approximate surface area is 164 Å². The maximum atomic E-state index is 5.71. The summed E-state index contributed by atoms with van der Waals surface area (Å²) >= 11 is 1.79. The number of nitrogens with zero attached hydrogens (tertiary/aromatic N) is 3. The van der Waals surface area contributed by atoms with E-state index in [1.165, 1.54) is 4.88 Å². The third-order valence-corrected chi connectivity index (χ3v) is 5.72.